The first-order chi connectivity index (χ1) is 19.9. The second kappa shape index (κ2) is 11.0. The molecule has 0 bridgehead atoms. The van der Waals surface area contributed by atoms with Gasteiger partial charge >= 0.3 is 5.76 Å². The third-order valence-corrected chi connectivity index (χ3v) is 7.64. The van der Waals surface area contributed by atoms with Crippen LogP contribution in [0.4, 0.5) is 16.0 Å². The van der Waals surface area contributed by atoms with Crippen LogP contribution in [0.2, 0.25) is 5.02 Å². The lowest BCUT2D eigenvalue weighted by molar-refractivity contribution is 0.0636. The summed E-state index contributed by atoms with van der Waals surface area (Å²) in [5.74, 6) is -0.314. The van der Waals surface area contributed by atoms with E-state index in [1.807, 2.05) is 42.5 Å². The van der Waals surface area contributed by atoms with Crippen molar-refractivity contribution in [2.75, 3.05) is 18.4 Å². The zero-order valence-corrected chi connectivity index (χ0v) is 22.5. The lowest BCUT2D eigenvalue weighted by atomic mass is 9.74. The molecular formula is C29H25ClFN7O3. The fourth-order valence-corrected chi connectivity index (χ4v) is 5.42. The number of aromatic amines is 2. The standard InChI is InChI=1S/C29H25ClFN7O3/c30-22-8-4-7-21(25(22)31)26(39)38-13-10-29(11-14-38,27-36-37-28(40)41-27)17-20-15-19(18-5-2-1-3-6-18)16-24(33-20)34-23-9-12-32-35-23/h1-9,12,15-16H,10-11,13-14,17H2,(H,37,40)(H2,32,33,34,35). The summed E-state index contributed by atoms with van der Waals surface area (Å²) in [5, 5.41) is 16.6. The van der Waals surface area contributed by atoms with E-state index < -0.39 is 22.9 Å². The second-order valence-electron chi connectivity index (χ2n) is 9.96. The van der Waals surface area contributed by atoms with Crippen LogP contribution in [0.5, 0.6) is 0 Å². The van der Waals surface area contributed by atoms with Crippen molar-refractivity contribution in [1.29, 1.82) is 0 Å². The van der Waals surface area contributed by atoms with Gasteiger partial charge in [-0.3, -0.25) is 9.89 Å². The molecule has 6 rings (SSSR count). The molecule has 3 N–H and O–H groups in total. The van der Waals surface area contributed by atoms with Crippen LogP contribution in [0.15, 0.2) is 82.1 Å². The number of rotatable bonds is 7. The van der Waals surface area contributed by atoms with E-state index in [2.05, 4.69) is 25.7 Å². The molecule has 10 nitrogen and oxygen atoms in total. The number of hydrogen-bond acceptors (Lipinski definition) is 7. The van der Waals surface area contributed by atoms with Crippen molar-refractivity contribution < 1.29 is 13.6 Å². The third-order valence-electron chi connectivity index (χ3n) is 7.35. The van der Waals surface area contributed by atoms with Crippen molar-refractivity contribution in [2.24, 2.45) is 0 Å². The van der Waals surface area contributed by atoms with Gasteiger partial charge in [-0.1, -0.05) is 48.0 Å². The minimum Gasteiger partial charge on any atom is -0.392 e. The Morgan fingerprint density at radius 1 is 1.05 bits per heavy atom. The van der Waals surface area contributed by atoms with Crippen LogP contribution >= 0.6 is 11.6 Å². The first kappa shape index (κ1) is 26.5. The van der Waals surface area contributed by atoms with Crippen LogP contribution in [0.1, 0.15) is 34.8 Å². The highest BCUT2D eigenvalue weighted by molar-refractivity contribution is 6.31. The van der Waals surface area contributed by atoms with Crippen LogP contribution in [0.3, 0.4) is 0 Å². The van der Waals surface area contributed by atoms with Crippen molar-refractivity contribution in [1.82, 2.24) is 30.3 Å². The van der Waals surface area contributed by atoms with E-state index in [0.717, 1.165) is 16.8 Å². The van der Waals surface area contributed by atoms with Gasteiger partial charge in [0.25, 0.3) is 5.91 Å². The molecule has 4 heterocycles. The van der Waals surface area contributed by atoms with E-state index in [-0.39, 0.29) is 16.5 Å². The molecule has 0 saturated carbocycles. The van der Waals surface area contributed by atoms with Crippen molar-refractivity contribution >= 4 is 29.1 Å². The highest BCUT2D eigenvalue weighted by Gasteiger charge is 2.42. The minimum absolute atomic E-state index is 0.0805. The number of likely N-dealkylation sites (tertiary alicyclic amines) is 1. The Hall–Kier alpha value is -4.77. The Bertz CT molecular complexity index is 1730. The lowest BCUT2D eigenvalue weighted by Gasteiger charge is -2.39. The van der Waals surface area contributed by atoms with E-state index >= 15 is 0 Å². The molecule has 1 aliphatic heterocycles. The summed E-state index contributed by atoms with van der Waals surface area (Å²) in [7, 11) is 0. The first-order valence-corrected chi connectivity index (χ1v) is 13.4. The molecule has 0 aliphatic carbocycles. The predicted molar refractivity (Wildman–Crippen MR) is 151 cm³/mol. The van der Waals surface area contributed by atoms with E-state index in [1.165, 1.54) is 12.1 Å². The number of H-pyrrole nitrogens is 2. The number of nitrogens with zero attached hydrogens (tertiary/aromatic N) is 4. The molecule has 1 fully saturated rings. The van der Waals surface area contributed by atoms with Gasteiger partial charge in [-0.05, 0) is 48.2 Å². The van der Waals surface area contributed by atoms with Crippen molar-refractivity contribution in [3.05, 3.63) is 111 Å². The van der Waals surface area contributed by atoms with Gasteiger partial charge < -0.3 is 14.6 Å². The summed E-state index contributed by atoms with van der Waals surface area (Å²) in [5.41, 5.74) is 1.87. The van der Waals surface area contributed by atoms with Gasteiger partial charge in [0.15, 0.2) is 5.82 Å². The highest BCUT2D eigenvalue weighted by atomic mass is 35.5. The summed E-state index contributed by atoms with van der Waals surface area (Å²) in [6, 6.07) is 20.0. The van der Waals surface area contributed by atoms with Crippen LogP contribution in [-0.2, 0) is 11.8 Å². The number of carbonyl (C=O) groups excluding carboxylic acids is 1. The van der Waals surface area contributed by atoms with Gasteiger partial charge in [0.05, 0.1) is 22.2 Å². The molecule has 1 aliphatic rings. The maximum atomic E-state index is 14.6. The number of amides is 1. The Labute approximate surface area is 238 Å². The largest absolute Gasteiger partial charge is 0.434 e. The average Bonchev–Trinajstić information content (AvgIpc) is 3.67. The molecular weight excluding hydrogens is 549 g/mol. The third kappa shape index (κ3) is 5.48. The molecule has 2 aromatic carbocycles. The first-order valence-electron chi connectivity index (χ1n) is 13.0. The number of carbonyl (C=O) groups is 1. The molecule has 12 heteroatoms. The summed E-state index contributed by atoms with van der Waals surface area (Å²) in [6.07, 6.45) is 2.85. The maximum absolute atomic E-state index is 14.6. The summed E-state index contributed by atoms with van der Waals surface area (Å²) < 4.78 is 20.1. The molecule has 0 unspecified atom stereocenters. The van der Waals surface area contributed by atoms with E-state index in [9.17, 15) is 14.0 Å². The van der Waals surface area contributed by atoms with E-state index in [4.69, 9.17) is 21.0 Å². The molecule has 1 amide bonds. The van der Waals surface area contributed by atoms with Crippen LogP contribution in [0, 0.1) is 5.82 Å². The van der Waals surface area contributed by atoms with E-state index in [0.29, 0.717) is 44.0 Å². The van der Waals surface area contributed by atoms with Crippen molar-refractivity contribution in [3.8, 4) is 11.1 Å². The molecule has 0 radical (unpaired) electrons. The Kier molecular flexibility index (Phi) is 7.10. The number of benzene rings is 2. The fraction of sp³-hybridized carbons (Fsp3) is 0.207. The predicted octanol–water partition coefficient (Wildman–Crippen LogP) is 5.10. The summed E-state index contributed by atoms with van der Waals surface area (Å²) >= 11 is 5.91. The number of pyridine rings is 1. The number of halogens is 2. The summed E-state index contributed by atoms with van der Waals surface area (Å²) in [4.78, 5) is 31.6. The fourth-order valence-electron chi connectivity index (χ4n) is 5.25. The SMILES string of the molecule is O=C(c1cccc(Cl)c1F)N1CCC(Cc2cc(-c3ccccc3)cc(Nc3ccn[nH]3)n2)(c2n[nH]c(=O)o2)CC1. The Morgan fingerprint density at radius 2 is 1.85 bits per heavy atom. The maximum Gasteiger partial charge on any atom is 0.434 e. The smallest absolute Gasteiger partial charge is 0.392 e. The molecule has 1 saturated heterocycles. The lowest BCUT2D eigenvalue weighted by Crippen LogP contribution is -2.46. The van der Waals surface area contributed by atoms with Crippen LogP contribution < -0.4 is 11.1 Å². The van der Waals surface area contributed by atoms with Gasteiger partial charge in [-0.2, -0.15) is 5.10 Å². The monoisotopic (exact) mass is 573 g/mol. The van der Waals surface area contributed by atoms with Gasteiger partial charge in [0, 0.05) is 31.3 Å². The molecule has 208 valence electrons. The number of hydrogen-bond donors (Lipinski definition) is 3. The topological polar surface area (TPSA) is 133 Å². The Morgan fingerprint density at radius 3 is 2.56 bits per heavy atom. The van der Waals surface area contributed by atoms with Crippen molar-refractivity contribution in [3.63, 3.8) is 0 Å². The zero-order valence-electron chi connectivity index (χ0n) is 21.7. The van der Waals surface area contributed by atoms with Crippen molar-refractivity contribution in [2.45, 2.75) is 24.7 Å². The Balaban J connectivity index is 1.33. The van der Waals surface area contributed by atoms with Crippen LogP contribution in [-0.4, -0.2) is 49.3 Å². The average molecular weight is 574 g/mol. The molecule has 3 aromatic heterocycles. The molecule has 41 heavy (non-hydrogen) atoms. The minimum atomic E-state index is -0.742. The normalized spacial score (nSPS) is 14.6. The number of anilines is 2. The zero-order chi connectivity index (χ0) is 28.4. The van der Waals surface area contributed by atoms with Crippen LogP contribution in [0.25, 0.3) is 11.1 Å². The van der Waals surface area contributed by atoms with Gasteiger partial charge in [-0.25, -0.2) is 19.3 Å². The quantitative estimate of drug-likeness (QED) is 0.247. The number of piperidine rings is 1. The molecule has 0 spiro atoms. The van der Waals surface area contributed by atoms with E-state index in [1.54, 1.807) is 23.2 Å². The van der Waals surface area contributed by atoms with Gasteiger partial charge in [-0.15, -0.1) is 5.10 Å². The number of aromatic nitrogens is 5. The highest BCUT2D eigenvalue weighted by Crippen LogP contribution is 2.39. The van der Waals surface area contributed by atoms with Gasteiger partial charge in [0.2, 0.25) is 5.89 Å². The van der Waals surface area contributed by atoms with Gasteiger partial charge in [0.1, 0.15) is 11.6 Å². The molecule has 0 atom stereocenters. The number of nitrogens with one attached hydrogen (secondary N) is 3. The second-order valence-corrected chi connectivity index (χ2v) is 10.4. The molecule has 5 aromatic rings. The summed E-state index contributed by atoms with van der Waals surface area (Å²) in [6.45, 7) is 0.581.